The van der Waals surface area contributed by atoms with Crippen LogP contribution in [0.3, 0.4) is 0 Å². The second-order valence-electron chi connectivity index (χ2n) is 9.73. The first-order chi connectivity index (χ1) is 19.7. The molecule has 0 atom stereocenters. The number of benzene rings is 4. The normalized spacial score (nSPS) is 13.4. The zero-order valence-electron chi connectivity index (χ0n) is 21.4. The highest BCUT2D eigenvalue weighted by Crippen LogP contribution is 2.57. The van der Waals surface area contributed by atoms with Crippen LogP contribution in [0, 0.1) is 11.6 Å². The number of pyridine rings is 2. The van der Waals surface area contributed by atoms with Gasteiger partial charge in [0, 0.05) is 17.4 Å². The third-order valence-electron chi connectivity index (χ3n) is 7.48. The van der Waals surface area contributed by atoms with Crippen LogP contribution in [-0.2, 0) is 5.41 Å². The summed E-state index contributed by atoms with van der Waals surface area (Å²) in [4.78, 5) is 12.0. The Balaban J connectivity index is 1.63. The topological polar surface area (TPSA) is 29.0 Å². The molecule has 0 unspecified atom stereocenters. The zero-order valence-corrected chi connectivity index (χ0v) is 21.4. The SMILES string of the molecule is Fc1ccc2c(c1)N(c1ccccc1)c1cc(F)ccc1C2(c1ccccn1)c1cccc(-c2ccccc2)n1. The van der Waals surface area contributed by atoms with Crippen molar-refractivity contribution in [1.29, 1.82) is 0 Å². The van der Waals surface area contributed by atoms with Crippen molar-refractivity contribution in [2.75, 3.05) is 4.90 Å². The highest BCUT2D eigenvalue weighted by molar-refractivity contribution is 5.89. The van der Waals surface area contributed by atoms with E-state index in [2.05, 4.69) is 0 Å². The van der Waals surface area contributed by atoms with E-state index in [4.69, 9.17) is 9.97 Å². The number of anilines is 3. The molecule has 3 nitrogen and oxygen atoms in total. The zero-order chi connectivity index (χ0) is 27.1. The second kappa shape index (κ2) is 9.54. The number of hydrogen-bond donors (Lipinski definition) is 0. The quantitative estimate of drug-likeness (QED) is 0.231. The molecule has 192 valence electrons. The van der Waals surface area contributed by atoms with E-state index in [1.807, 2.05) is 102 Å². The minimum Gasteiger partial charge on any atom is -0.310 e. The van der Waals surface area contributed by atoms with E-state index in [-0.39, 0.29) is 11.6 Å². The number of fused-ring (bicyclic) bond motifs is 2. The molecule has 2 aromatic heterocycles. The van der Waals surface area contributed by atoms with Crippen LogP contribution < -0.4 is 4.90 Å². The first kappa shape index (κ1) is 23.9. The van der Waals surface area contributed by atoms with Crippen LogP contribution in [-0.4, -0.2) is 9.97 Å². The van der Waals surface area contributed by atoms with Crippen LogP contribution in [0.4, 0.5) is 25.8 Å². The number of hydrogen-bond acceptors (Lipinski definition) is 3. The van der Waals surface area contributed by atoms with Gasteiger partial charge < -0.3 is 4.90 Å². The Hall–Kier alpha value is -5.16. The molecule has 0 saturated heterocycles. The standard InChI is InChI=1S/C35H23F2N3/c36-25-17-19-28-31(22-25)40(27-12-5-2-6-13-27)32-23-26(37)18-20-29(32)35(28,33-15-7-8-21-38-33)34-16-9-14-30(39-34)24-10-3-1-4-11-24/h1-23H. The average molecular weight is 524 g/mol. The van der Waals surface area contributed by atoms with Crippen LogP contribution >= 0.6 is 0 Å². The Bertz CT molecular complexity index is 1770. The molecule has 0 N–H and O–H groups in total. The van der Waals surface area contributed by atoms with E-state index in [0.29, 0.717) is 22.8 Å². The van der Waals surface area contributed by atoms with Gasteiger partial charge in [-0.3, -0.25) is 9.97 Å². The van der Waals surface area contributed by atoms with E-state index in [1.54, 1.807) is 18.3 Å². The maximum atomic E-state index is 15.0. The summed E-state index contributed by atoms with van der Waals surface area (Å²) in [5.41, 5.74) is 5.73. The van der Waals surface area contributed by atoms with Crippen molar-refractivity contribution >= 4 is 17.1 Å². The Kier molecular flexibility index (Phi) is 5.71. The van der Waals surface area contributed by atoms with Crippen molar-refractivity contribution in [3.05, 3.63) is 174 Å². The van der Waals surface area contributed by atoms with Crippen LogP contribution in [0.15, 0.2) is 140 Å². The summed E-state index contributed by atoms with van der Waals surface area (Å²) in [6.07, 6.45) is 1.74. The highest BCUT2D eigenvalue weighted by Gasteiger charge is 2.49. The maximum Gasteiger partial charge on any atom is 0.125 e. The molecule has 1 aliphatic heterocycles. The second-order valence-corrected chi connectivity index (χ2v) is 9.73. The third kappa shape index (κ3) is 3.70. The first-order valence-corrected chi connectivity index (χ1v) is 13.1. The van der Waals surface area contributed by atoms with Gasteiger partial charge in [-0.1, -0.05) is 72.8 Å². The van der Waals surface area contributed by atoms with Crippen molar-refractivity contribution in [2.24, 2.45) is 0 Å². The number of rotatable bonds is 4. The van der Waals surface area contributed by atoms with Gasteiger partial charge >= 0.3 is 0 Å². The molecule has 0 saturated carbocycles. The van der Waals surface area contributed by atoms with Crippen molar-refractivity contribution in [1.82, 2.24) is 9.97 Å². The molecule has 7 rings (SSSR count). The van der Waals surface area contributed by atoms with E-state index in [1.165, 1.54) is 24.3 Å². The number of para-hydroxylation sites is 1. The maximum absolute atomic E-state index is 15.0. The Morgan fingerprint density at radius 3 is 1.77 bits per heavy atom. The highest BCUT2D eigenvalue weighted by atomic mass is 19.1. The molecular formula is C35H23F2N3. The number of halogens is 2. The monoisotopic (exact) mass is 523 g/mol. The molecule has 0 amide bonds. The Morgan fingerprint density at radius 2 is 1.15 bits per heavy atom. The smallest absolute Gasteiger partial charge is 0.125 e. The van der Waals surface area contributed by atoms with E-state index in [9.17, 15) is 0 Å². The van der Waals surface area contributed by atoms with Gasteiger partial charge in [0.1, 0.15) is 17.0 Å². The predicted octanol–water partition coefficient (Wildman–Crippen LogP) is 8.59. The summed E-state index contributed by atoms with van der Waals surface area (Å²) in [7, 11) is 0. The fourth-order valence-corrected chi connectivity index (χ4v) is 5.82. The van der Waals surface area contributed by atoms with Crippen LogP contribution in [0.2, 0.25) is 0 Å². The van der Waals surface area contributed by atoms with Crippen molar-refractivity contribution in [2.45, 2.75) is 5.41 Å². The molecule has 6 aromatic rings. The van der Waals surface area contributed by atoms with Gasteiger partial charge in [-0.2, -0.15) is 0 Å². The van der Waals surface area contributed by atoms with Gasteiger partial charge in [0.15, 0.2) is 0 Å². The fourth-order valence-electron chi connectivity index (χ4n) is 5.82. The van der Waals surface area contributed by atoms with Gasteiger partial charge in [0.25, 0.3) is 0 Å². The average Bonchev–Trinajstić information content (AvgIpc) is 3.01. The molecular weight excluding hydrogens is 500 g/mol. The van der Waals surface area contributed by atoms with E-state index >= 15 is 8.78 Å². The van der Waals surface area contributed by atoms with Gasteiger partial charge in [-0.25, -0.2) is 8.78 Å². The molecule has 5 heteroatoms. The molecule has 3 heterocycles. The van der Waals surface area contributed by atoms with Crippen molar-refractivity contribution < 1.29 is 8.78 Å². The van der Waals surface area contributed by atoms with Gasteiger partial charge in [0.05, 0.1) is 28.5 Å². The number of nitrogens with zero attached hydrogens (tertiary/aromatic N) is 3. The summed E-state index contributed by atoms with van der Waals surface area (Å²) in [5, 5.41) is 0. The summed E-state index contributed by atoms with van der Waals surface area (Å²) in [5.74, 6) is -0.777. The first-order valence-electron chi connectivity index (χ1n) is 13.1. The Labute approximate surface area is 231 Å². The third-order valence-corrected chi connectivity index (χ3v) is 7.48. The lowest BCUT2D eigenvalue weighted by Gasteiger charge is -2.45. The predicted molar refractivity (Wildman–Crippen MR) is 154 cm³/mol. The Morgan fingerprint density at radius 1 is 0.550 bits per heavy atom. The lowest BCUT2D eigenvalue weighted by molar-refractivity contribution is 0.614. The van der Waals surface area contributed by atoms with E-state index in [0.717, 1.165) is 28.1 Å². The van der Waals surface area contributed by atoms with Crippen LogP contribution in [0.5, 0.6) is 0 Å². The largest absolute Gasteiger partial charge is 0.310 e. The summed E-state index contributed by atoms with van der Waals surface area (Å²) < 4.78 is 30.1. The minimum absolute atomic E-state index is 0.388. The van der Waals surface area contributed by atoms with Gasteiger partial charge in [0.2, 0.25) is 0 Å². The number of aromatic nitrogens is 2. The lowest BCUT2D eigenvalue weighted by atomic mass is 9.65. The molecule has 40 heavy (non-hydrogen) atoms. The van der Waals surface area contributed by atoms with Crippen LogP contribution in [0.1, 0.15) is 22.5 Å². The molecule has 4 aromatic carbocycles. The van der Waals surface area contributed by atoms with Crippen LogP contribution in [0.25, 0.3) is 11.3 Å². The summed E-state index contributed by atoms with van der Waals surface area (Å²) >= 11 is 0. The van der Waals surface area contributed by atoms with E-state index < -0.39 is 5.41 Å². The molecule has 0 spiro atoms. The van der Waals surface area contributed by atoms with Crippen molar-refractivity contribution in [3.8, 4) is 11.3 Å². The minimum atomic E-state index is -1.05. The van der Waals surface area contributed by atoms with Gasteiger partial charge in [-0.15, -0.1) is 0 Å². The molecule has 1 aliphatic rings. The van der Waals surface area contributed by atoms with Crippen molar-refractivity contribution in [3.63, 3.8) is 0 Å². The molecule has 0 bridgehead atoms. The van der Waals surface area contributed by atoms with Gasteiger partial charge in [-0.05, 0) is 71.8 Å². The molecule has 0 fully saturated rings. The lowest BCUT2D eigenvalue weighted by Crippen LogP contribution is -2.39. The summed E-state index contributed by atoms with van der Waals surface area (Å²) in [6.45, 7) is 0. The molecule has 0 aliphatic carbocycles. The summed E-state index contributed by atoms with van der Waals surface area (Å²) in [6, 6.07) is 40.8. The molecule has 0 radical (unpaired) electrons. The fraction of sp³-hybridized carbons (Fsp3) is 0.0286.